The first-order chi connectivity index (χ1) is 17.2. The molecule has 0 aliphatic carbocycles. The zero-order valence-corrected chi connectivity index (χ0v) is 19.5. The quantitative estimate of drug-likeness (QED) is 0.165. The number of carbonyl (C=O) groups excluding carboxylic acids is 3. The third-order valence-corrected chi connectivity index (χ3v) is 6.20. The van der Waals surface area contributed by atoms with Crippen LogP contribution in [0.5, 0.6) is 0 Å². The maximum absolute atomic E-state index is 13.2. The lowest BCUT2D eigenvalue weighted by molar-refractivity contribution is -0.138. The second kappa shape index (κ2) is 9.87. The van der Waals surface area contributed by atoms with Gasteiger partial charge in [0.05, 0.1) is 18.7 Å². The molecule has 5 N–H and O–H groups in total. The molecule has 1 heterocycles. The number of hydrazone groups is 1. The average molecular weight is 488 g/mol. The number of carboxylic acid groups (broad SMARTS) is 1. The van der Waals surface area contributed by atoms with Gasteiger partial charge in [0.15, 0.2) is 0 Å². The predicted octanol–water partition coefficient (Wildman–Crippen LogP) is 2.23. The lowest BCUT2D eigenvalue weighted by Crippen LogP contribution is -2.44. The Morgan fingerprint density at radius 2 is 1.81 bits per heavy atom. The summed E-state index contributed by atoms with van der Waals surface area (Å²) in [5, 5.41) is 19.9. The second-order valence-electron chi connectivity index (χ2n) is 8.63. The van der Waals surface area contributed by atoms with E-state index in [1.54, 1.807) is 43.3 Å². The fourth-order valence-corrected chi connectivity index (χ4v) is 4.38. The van der Waals surface area contributed by atoms with Crippen molar-refractivity contribution in [2.45, 2.75) is 24.9 Å². The Labute approximate surface area is 206 Å². The number of hydrogen-bond donors (Lipinski definition) is 4. The summed E-state index contributed by atoms with van der Waals surface area (Å²) in [6.07, 6.45) is 1.08. The Kier molecular flexibility index (Phi) is 6.69. The number of carbonyl (C=O) groups is 4. The highest BCUT2D eigenvalue weighted by Gasteiger charge is 2.49. The molecule has 10 nitrogen and oxygen atoms in total. The Morgan fingerprint density at radius 3 is 2.50 bits per heavy atom. The molecule has 1 aliphatic heterocycles. The summed E-state index contributed by atoms with van der Waals surface area (Å²) in [5.74, 6) is 2.81. The summed E-state index contributed by atoms with van der Waals surface area (Å²) in [6, 6.07) is 18.0. The van der Waals surface area contributed by atoms with Gasteiger partial charge >= 0.3 is 12.0 Å². The first kappa shape index (κ1) is 24.4. The molecule has 2 atom stereocenters. The molecule has 4 amide bonds. The summed E-state index contributed by atoms with van der Waals surface area (Å²) in [4.78, 5) is 51.2. The smallest absolute Gasteiger partial charge is 0.325 e. The van der Waals surface area contributed by atoms with Crippen LogP contribution in [0.15, 0.2) is 71.8 Å². The SMILES string of the molecule is CC1(c2ccc(C=NN)cc2)NC(=O)N(CC(=O)NC(CC(=O)O)c2cccc3ccccc23)C1=O. The Morgan fingerprint density at radius 1 is 1.11 bits per heavy atom. The number of fused-ring (bicyclic) bond motifs is 1. The number of aliphatic carboxylic acids is 1. The van der Waals surface area contributed by atoms with Crippen LogP contribution in [0.3, 0.4) is 0 Å². The van der Waals surface area contributed by atoms with E-state index in [2.05, 4.69) is 15.7 Å². The van der Waals surface area contributed by atoms with Crippen LogP contribution in [0.1, 0.15) is 36.1 Å². The van der Waals surface area contributed by atoms with Gasteiger partial charge in [-0.15, -0.1) is 0 Å². The number of imide groups is 1. The molecule has 0 spiro atoms. The number of benzene rings is 3. The minimum absolute atomic E-state index is 0.365. The molecule has 0 aromatic heterocycles. The van der Waals surface area contributed by atoms with Gasteiger partial charge in [0.25, 0.3) is 5.91 Å². The molecular formula is C26H25N5O5. The van der Waals surface area contributed by atoms with Gasteiger partial charge in [0.2, 0.25) is 5.91 Å². The average Bonchev–Trinajstić information content (AvgIpc) is 3.07. The largest absolute Gasteiger partial charge is 0.481 e. The molecule has 3 aromatic carbocycles. The third kappa shape index (κ3) is 4.74. The van der Waals surface area contributed by atoms with Crippen LogP contribution >= 0.6 is 0 Å². The summed E-state index contributed by atoms with van der Waals surface area (Å²) in [7, 11) is 0. The van der Waals surface area contributed by atoms with Crippen LogP contribution in [0.2, 0.25) is 0 Å². The number of urea groups is 1. The van der Waals surface area contributed by atoms with E-state index in [4.69, 9.17) is 5.84 Å². The summed E-state index contributed by atoms with van der Waals surface area (Å²) in [6.45, 7) is 1.000. The first-order valence-electron chi connectivity index (χ1n) is 11.2. The van der Waals surface area contributed by atoms with Crippen LogP contribution in [0, 0.1) is 0 Å². The Balaban J connectivity index is 1.53. The predicted molar refractivity (Wildman–Crippen MR) is 133 cm³/mol. The van der Waals surface area contributed by atoms with Crippen molar-refractivity contribution < 1.29 is 24.3 Å². The number of carboxylic acids is 1. The van der Waals surface area contributed by atoms with E-state index >= 15 is 0 Å². The number of nitrogens with zero attached hydrogens (tertiary/aromatic N) is 2. The molecule has 3 aromatic rings. The van der Waals surface area contributed by atoms with E-state index in [0.717, 1.165) is 21.2 Å². The highest BCUT2D eigenvalue weighted by molar-refractivity contribution is 6.09. The molecule has 36 heavy (non-hydrogen) atoms. The van der Waals surface area contributed by atoms with Crippen molar-refractivity contribution in [3.8, 4) is 0 Å². The lowest BCUT2D eigenvalue weighted by Gasteiger charge is -2.23. The monoisotopic (exact) mass is 487 g/mol. The van der Waals surface area contributed by atoms with Crippen molar-refractivity contribution in [1.29, 1.82) is 0 Å². The maximum atomic E-state index is 13.2. The molecule has 0 bridgehead atoms. The van der Waals surface area contributed by atoms with Gasteiger partial charge in [-0.3, -0.25) is 19.3 Å². The summed E-state index contributed by atoms with van der Waals surface area (Å²) < 4.78 is 0. The number of nitrogens with one attached hydrogen (secondary N) is 2. The molecule has 0 radical (unpaired) electrons. The zero-order valence-electron chi connectivity index (χ0n) is 19.5. The second-order valence-corrected chi connectivity index (χ2v) is 8.63. The minimum atomic E-state index is -1.37. The topological polar surface area (TPSA) is 154 Å². The van der Waals surface area contributed by atoms with E-state index in [1.807, 2.05) is 30.3 Å². The molecule has 1 fully saturated rings. The van der Waals surface area contributed by atoms with Gasteiger partial charge < -0.3 is 21.6 Å². The maximum Gasteiger partial charge on any atom is 0.325 e. The fourth-order valence-electron chi connectivity index (χ4n) is 4.38. The molecule has 1 aliphatic rings. The van der Waals surface area contributed by atoms with Crippen molar-refractivity contribution in [3.63, 3.8) is 0 Å². The standard InChI is InChI=1S/C26H25N5O5/c1-26(18-11-9-16(10-12-18)14-28-27)24(35)31(25(36)30-26)15-22(32)29-21(13-23(33)34)20-8-4-6-17-5-2-3-7-19(17)20/h2-12,14,21H,13,15,27H2,1H3,(H,29,32)(H,30,36)(H,33,34). The van der Waals surface area contributed by atoms with Gasteiger partial charge in [0, 0.05) is 0 Å². The van der Waals surface area contributed by atoms with Gasteiger partial charge in [-0.2, -0.15) is 5.10 Å². The molecule has 2 unspecified atom stereocenters. The molecule has 10 heteroatoms. The Hall–Kier alpha value is -4.73. The Bertz CT molecular complexity index is 1370. The third-order valence-electron chi connectivity index (χ3n) is 6.20. The van der Waals surface area contributed by atoms with E-state index in [9.17, 15) is 24.3 Å². The van der Waals surface area contributed by atoms with Gasteiger partial charge in [-0.1, -0.05) is 66.7 Å². The number of amides is 4. The molecular weight excluding hydrogens is 462 g/mol. The van der Waals surface area contributed by atoms with Gasteiger partial charge in [-0.05, 0) is 34.4 Å². The molecule has 1 saturated heterocycles. The summed E-state index contributed by atoms with van der Waals surface area (Å²) >= 11 is 0. The van der Waals surface area contributed by atoms with Crippen molar-refractivity contribution in [3.05, 3.63) is 83.4 Å². The van der Waals surface area contributed by atoms with Crippen LogP contribution < -0.4 is 16.5 Å². The molecule has 184 valence electrons. The van der Waals surface area contributed by atoms with Crippen molar-refractivity contribution in [1.82, 2.24) is 15.5 Å². The first-order valence-corrected chi connectivity index (χ1v) is 11.2. The van der Waals surface area contributed by atoms with Crippen molar-refractivity contribution in [2.24, 2.45) is 10.9 Å². The number of rotatable bonds is 8. The van der Waals surface area contributed by atoms with E-state index < -0.39 is 41.9 Å². The normalized spacial score (nSPS) is 18.4. The minimum Gasteiger partial charge on any atom is -0.481 e. The van der Waals surface area contributed by atoms with Crippen LogP contribution in [-0.2, 0) is 19.9 Å². The van der Waals surface area contributed by atoms with Crippen LogP contribution in [0.25, 0.3) is 10.8 Å². The number of nitrogens with two attached hydrogens (primary N) is 1. The summed E-state index contributed by atoms with van der Waals surface area (Å²) in [5.41, 5.74) is 0.506. The number of hydrogen-bond acceptors (Lipinski definition) is 6. The van der Waals surface area contributed by atoms with Gasteiger partial charge in [-0.25, -0.2) is 4.79 Å². The highest BCUT2D eigenvalue weighted by Crippen LogP contribution is 2.30. The van der Waals surface area contributed by atoms with Crippen LogP contribution in [0.4, 0.5) is 4.79 Å². The van der Waals surface area contributed by atoms with E-state index in [0.29, 0.717) is 11.1 Å². The molecule has 4 rings (SSSR count). The van der Waals surface area contributed by atoms with E-state index in [-0.39, 0.29) is 6.42 Å². The van der Waals surface area contributed by atoms with Crippen LogP contribution in [-0.4, -0.2) is 46.6 Å². The molecule has 0 saturated carbocycles. The van der Waals surface area contributed by atoms with Crippen molar-refractivity contribution in [2.75, 3.05) is 6.54 Å². The highest BCUT2D eigenvalue weighted by atomic mass is 16.4. The van der Waals surface area contributed by atoms with Crippen molar-refractivity contribution >= 4 is 40.8 Å². The van der Waals surface area contributed by atoms with Gasteiger partial charge in [0.1, 0.15) is 12.1 Å². The lowest BCUT2D eigenvalue weighted by atomic mass is 9.91. The fraction of sp³-hybridized carbons (Fsp3) is 0.192. The zero-order chi connectivity index (χ0) is 25.9. The van der Waals surface area contributed by atoms with E-state index in [1.165, 1.54) is 6.21 Å².